The van der Waals surface area contributed by atoms with Crippen molar-refractivity contribution in [2.24, 2.45) is 0 Å². The molecule has 1 atom stereocenters. The van der Waals surface area contributed by atoms with Gasteiger partial charge >= 0.3 is 0 Å². The lowest BCUT2D eigenvalue weighted by Crippen LogP contribution is -2.31. The van der Waals surface area contributed by atoms with Gasteiger partial charge in [-0.05, 0) is 37.3 Å². The van der Waals surface area contributed by atoms with Gasteiger partial charge in [-0.1, -0.05) is 17.7 Å². The summed E-state index contributed by atoms with van der Waals surface area (Å²) in [6.45, 7) is 1.42. The Labute approximate surface area is 170 Å². The van der Waals surface area contributed by atoms with Gasteiger partial charge < -0.3 is 9.64 Å². The molecule has 5 nitrogen and oxygen atoms in total. The van der Waals surface area contributed by atoms with Gasteiger partial charge in [0.25, 0.3) is 0 Å². The van der Waals surface area contributed by atoms with Crippen LogP contribution in [-0.2, 0) is 27.9 Å². The van der Waals surface area contributed by atoms with E-state index in [-0.39, 0.29) is 34.4 Å². The molecule has 0 fully saturated rings. The number of hydrogen-bond donors (Lipinski definition) is 0. The number of nitrogens with zero attached hydrogens (tertiary/aromatic N) is 1. The maximum absolute atomic E-state index is 13.9. The molecule has 0 aliphatic heterocycles. The quantitative estimate of drug-likeness (QED) is 0.606. The predicted octanol–water partition coefficient (Wildman–Crippen LogP) is 3.60. The van der Waals surface area contributed by atoms with Crippen LogP contribution in [0.3, 0.4) is 0 Å². The third-order valence-corrected chi connectivity index (χ3v) is 5.73. The molecule has 2 aromatic carbocycles. The molecular formula is C20H21ClFNO4S. The van der Waals surface area contributed by atoms with Crippen molar-refractivity contribution in [3.63, 3.8) is 0 Å². The summed E-state index contributed by atoms with van der Waals surface area (Å²) in [5, 5.41) is 0.228. The van der Waals surface area contributed by atoms with E-state index in [4.69, 9.17) is 16.3 Å². The minimum Gasteiger partial charge on any atom is -0.496 e. The van der Waals surface area contributed by atoms with E-state index in [1.165, 1.54) is 38.1 Å². The number of rotatable bonds is 8. The molecule has 0 bridgehead atoms. The first kappa shape index (κ1) is 22.0. The smallest absolute Gasteiger partial charge is 0.235 e. The number of amides is 1. The SMILES string of the molecule is COc1ccc(C(C)=O)cc1C[S@](=O)CC(=O)N(C)Cc1c(F)cccc1Cl. The fraction of sp³-hybridized carbons (Fsp3) is 0.300. The van der Waals surface area contributed by atoms with Crippen molar-refractivity contribution < 1.29 is 22.9 Å². The molecule has 0 unspecified atom stereocenters. The average molecular weight is 426 g/mol. The maximum atomic E-state index is 13.9. The zero-order chi connectivity index (χ0) is 20.8. The first-order valence-corrected chi connectivity index (χ1v) is 10.3. The van der Waals surface area contributed by atoms with Crippen LogP contribution >= 0.6 is 11.6 Å². The number of methoxy groups -OCH3 is 1. The fourth-order valence-electron chi connectivity index (χ4n) is 2.59. The van der Waals surface area contributed by atoms with Gasteiger partial charge in [-0.3, -0.25) is 13.8 Å². The standard InChI is InChI=1S/C20H21ClFNO4S/c1-13(24)14-7-8-19(27-3)15(9-14)11-28(26)12-20(25)23(2)10-16-17(21)5-4-6-18(16)22/h4-9H,10-12H2,1-3H3/t28-/m0/s1. The van der Waals surface area contributed by atoms with E-state index in [0.717, 1.165) is 0 Å². The molecule has 0 aromatic heterocycles. The van der Waals surface area contributed by atoms with Crippen LogP contribution in [0.2, 0.25) is 5.02 Å². The molecule has 28 heavy (non-hydrogen) atoms. The molecule has 2 rings (SSSR count). The van der Waals surface area contributed by atoms with Crippen molar-refractivity contribution in [3.05, 3.63) is 63.9 Å². The van der Waals surface area contributed by atoms with E-state index in [2.05, 4.69) is 0 Å². The van der Waals surface area contributed by atoms with Gasteiger partial charge in [-0.25, -0.2) is 4.39 Å². The predicted molar refractivity (Wildman–Crippen MR) is 108 cm³/mol. The number of halogens is 2. The fourth-order valence-corrected chi connectivity index (χ4v) is 3.98. The van der Waals surface area contributed by atoms with Crippen molar-refractivity contribution >= 4 is 34.1 Å². The lowest BCUT2D eigenvalue weighted by atomic mass is 10.1. The third-order valence-electron chi connectivity index (χ3n) is 4.17. The summed E-state index contributed by atoms with van der Waals surface area (Å²) in [6.07, 6.45) is 0. The Balaban J connectivity index is 2.05. The first-order chi connectivity index (χ1) is 13.2. The highest BCUT2D eigenvalue weighted by Crippen LogP contribution is 2.23. The van der Waals surface area contributed by atoms with Gasteiger partial charge in [0.15, 0.2) is 5.78 Å². The van der Waals surface area contributed by atoms with Crippen molar-refractivity contribution in [2.75, 3.05) is 19.9 Å². The van der Waals surface area contributed by atoms with Crippen LogP contribution in [0.5, 0.6) is 5.75 Å². The molecule has 0 heterocycles. The van der Waals surface area contributed by atoms with E-state index < -0.39 is 22.5 Å². The average Bonchev–Trinajstić information content (AvgIpc) is 2.64. The number of benzene rings is 2. The first-order valence-electron chi connectivity index (χ1n) is 8.42. The molecule has 1 amide bonds. The Morgan fingerprint density at radius 2 is 1.96 bits per heavy atom. The zero-order valence-corrected chi connectivity index (χ0v) is 17.4. The van der Waals surface area contributed by atoms with E-state index in [0.29, 0.717) is 16.9 Å². The third kappa shape index (κ3) is 5.62. The van der Waals surface area contributed by atoms with Gasteiger partial charge in [0, 0.05) is 46.1 Å². The maximum Gasteiger partial charge on any atom is 0.235 e. The lowest BCUT2D eigenvalue weighted by molar-refractivity contribution is -0.127. The monoisotopic (exact) mass is 425 g/mol. The summed E-state index contributed by atoms with van der Waals surface area (Å²) in [6, 6.07) is 9.19. The highest BCUT2D eigenvalue weighted by atomic mass is 35.5. The van der Waals surface area contributed by atoms with Gasteiger partial charge in [0.2, 0.25) is 5.91 Å². The molecule has 8 heteroatoms. The van der Waals surface area contributed by atoms with Crippen molar-refractivity contribution in [2.45, 2.75) is 19.2 Å². The van der Waals surface area contributed by atoms with Crippen molar-refractivity contribution in [3.8, 4) is 5.75 Å². The highest BCUT2D eigenvalue weighted by molar-refractivity contribution is 7.84. The van der Waals surface area contributed by atoms with E-state index in [9.17, 15) is 18.2 Å². The molecule has 0 aliphatic carbocycles. The van der Waals surface area contributed by atoms with Gasteiger partial charge in [0.1, 0.15) is 17.3 Å². The second-order valence-electron chi connectivity index (χ2n) is 6.26. The number of ketones is 1. The van der Waals surface area contributed by atoms with Crippen LogP contribution in [0, 0.1) is 5.82 Å². The van der Waals surface area contributed by atoms with Crippen LogP contribution in [0.15, 0.2) is 36.4 Å². The van der Waals surface area contributed by atoms with Crippen LogP contribution in [0.1, 0.15) is 28.4 Å². The molecule has 0 aliphatic rings. The number of carbonyl (C=O) groups excluding carboxylic acids is 2. The molecule has 150 valence electrons. The summed E-state index contributed by atoms with van der Waals surface area (Å²) in [5.41, 5.74) is 1.27. The summed E-state index contributed by atoms with van der Waals surface area (Å²) in [4.78, 5) is 25.2. The highest BCUT2D eigenvalue weighted by Gasteiger charge is 2.18. The topological polar surface area (TPSA) is 63.7 Å². The Kier molecular flexibility index (Phi) is 7.71. The Hall–Kier alpha value is -2.25. The molecule has 2 aromatic rings. The number of hydrogen-bond acceptors (Lipinski definition) is 4. The minimum atomic E-state index is -1.53. The molecule has 0 saturated carbocycles. The molecular weight excluding hydrogens is 405 g/mol. The van der Waals surface area contributed by atoms with Gasteiger partial charge in [0.05, 0.1) is 12.9 Å². The Morgan fingerprint density at radius 3 is 2.57 bits per heavy atom. The summed E-state index contributed by atoms with van der Waals surface area (Å²) >= 11 is 5.99. The summed E-state index contributed by atoms with van der Waals surface area (Å²) in [5.74, 6) is -0.705. The Bertz CT molecular complexity index is 899. The van der Waals surface area contributed by atoms with Crippen LogP contribution in [0.4, 0.5) is 4.39 Å². The zero-order valence-electron chi connectivity index (χ0n) is 15.8. The largest absolute Gasteiger partial charge is 0.496 e. The number of carbonyl (C=O) groups is 2. The van der Waals surface area contributed by atoms with Crippen LogP contribution in [0.25, 0.3) is 0 Å². The molecule has 0 spiro atoms. The summed E-state index contributed by atoms with van der Waals surface area (Å²) < 4.78 is 31.6. The second-order valence-corrected chi connectivity index (χ2v) is 8.13. The second kappa shape index (κ2) is 9.80. The van der Waals surface area contributed by atoms with Crippen molar-refractivity contribution in [1.29, 1.82) is 0 Å². The van der Waals surface area contributed by atoms with Crippen LogP contribution < -0.4 is 4.74 Å². The van der Waals surface area contributed by atoms with Gasteiger partial charge in [-0.2, -0.15) is 0 Å². The molecule has 0 saturated heterocycles. The van der Waals surface area contributed by atoms with E-state index in [1.807, 2.05) is 0 Å². The van der Waals surface area contributed by atoms with Gasteiger partial charge in [-0.15, -0.1) is 0 Å². The number of ether oxygens (including phenoxy) is 1. The molecule has 0 N–H and O–H groups in total. The lowest BCUT2D eigenvalue weighted by Gasteiger charge is -2.18. The summed E-state index contributed by atoms with van der Waals surface area (Å²) in [7, 11) is 1.44. The normalized spacial score (nSPS) is 11.8. The molecule has 0 radical (unpaired) electrons. The van der Waals surface area contributed by atoms with Crippen LogP contribution in [-0.4, -0.2) is 40.7 Å². The number of Topliss-reactive ketones (excluding diaryl/α,β-unsaturated/α-hetero) is 1. The van der Waals surface area contributed by atoms with E-state index in [1.54, 1.807) is 24.3 Å². The Morgan fingerprint density at radius 1 is 1.25 bits per heavy atom. The van der Waals surface area contributed by atoms with E-state index >= 15 is 0 Å². The van der Waals surface area contributed by atoms with Crippen molar-refractivity contribution in [1.82, 2.24) is 4.90 Å². The minimum absolute atomic E-state index is 0.0231.